The topological polar surface area (TPSA) is 74.7 Å². The predicted octanol–water partition coefficient (Wildman–Crippen LogP) is 5.40. The highest BCUT2D eigenvalue weighted by molar-refractivity contribution is 6.01. The maximum atomic E-state index is 12.1. The highest BCUT2D eigenvalue weighted by Gasteiger charge is 2.39. The van der Waals surface area contributed by atoms with Crippen molar-refractivity contribution < 1.29 is 19.5 Å². The summed E-state index contributed by atoms with van der Waals surface area (Å²) in [5.74, 6) is -1.76. The van der Waals surface area contributed by atoms with Gasteiger partial charge in [-0.2, -0.15) is 0 Å². The Morgan fingerprint density at radius 1 is 0.964 bits per heavy atom. The van der Waals surface area contributed by atoms with E-state index < -0.39 is 12.0 Å². The standard InChI is InChI=1S/C23H37NO4/c1-2-3-4-5-6-7-8-9-10-11-12-13-14-15-16-17-21(25)24-20(23(27)28)18-19-22(24)26/h6-7,9-10,20H,2-5,8,11-19H2,1H3,(H,27,28)/b7-6+,10-9+. The van der Waals surface area contributed by atoms with Gasteiger partial charge in [-0.05, 0) is 44.9 Å². The Kier molecular flexibility index (Phi) is 13.0. The van der Waals surface area contributed by atoms with Gasteiger partial charge >= 0.3 is 5.97 Å². The van der Waals surface area contributed by atoms with Gasteiger partial charge in [-0.15, -0.1) is 0 Å². The molecule has 5 heteroatoms. The molecule has 28 heavy (non-hydrogen) atoms. The lowest BCUT2D eigenvalue weighted by molar-refractivity contribution is -0.154. The molecule has 0 aromatic heterocycles. The van der Waals surface area contributed by atoms with Gasteiger partial charge in [0, 0.05) is 12.8 Å². The molecule has 1 aliphatic rings. The Bertz CT molecular complexity index is 539. The summed E-state index contributed by atoms with van der Waals surface area (Å²) < 4.78 is 0. The van der Waals surface area contributed by atoms with Gasteiger partial charge in [0.1, 0.15) is 6.04 Å². The zero-order valence-electron chi connectivity index (χ0n) is 17.4. The lowest BCUT2D eigenvalue weighted by atomic mass is 10.1. The number of hydrogen-bond acceptors (Lipinski definition) is 3. The number of unbranched alkanes of at least 4 members (excludes halogenated alkanes) is 8. The number of hydrogen-bond donors (Lipinski definition) is 1. The van der Waals surface area contributed by atoms with E-state index in [9.17, 15) is 14.4 Å². The van der Waals surface area contributed by atoms with Crippen molar-refractivity contribution >= 4 is 17.8 Å². The molecule has 5 nitrogen and oxygen atoms in total. The molecule has 1 N–H and O–H groups in total. The highest BCUT2D eigenvalue weighted by atomic mass is 16.4. The number of carbonyl (C=O) groups excluding carboxylic acids is 2. The minimum Gasteiger partial charge on any atom is -0.480 e. The Balaban J connectivity index is 2.00. The van der Waals surface area contributed by atoms with E-state index in [1.165, 1.54) is 25.7 Å². The highest BCUT2D eigenvalue weighted by Crippen LogP contribution is 2.21. The maximum absolute atomic E-state index is 12.1. The van der Waals surface area contributed by atoms with Crippen molar-refractivity contribution in [2.24, 2.45) is 0 Å². The summed E-state index contributed by atoms with van der Waals surface area (Å²) in [7, 11) is 0. The van der Waals surface area contributed by atoms with E-state index in [-0.39, 0.29) is 31.1 Å². The second-order valence-electron chi connectivity index (χ2n) is 7.53. The number of imide groups is 1. The molecule has 0 aromatic carbocycles. The smallest absolute Gasteiger partial charge is 0.326 e. The summed E-state index contributed by atoms with van der Waals surface area (Å²) in [6.07, 6.45) is 21.8. The molecule has 2 amide bonds. The number of aliphatic carboxylic acids is 1. The third kappa shape index (κ3) is 9.86. The van der Waals surface area contributed by atoms with Gasteiger partial charge < -0.3 is 5.11 Å². The number of rotatable bonds is 15. The molecule has 1 atom stereocenters. The summed E-state index contributed by atoms with van der Waals surface area (Å²) >= 11 is 0. The van der Waals surface area contributed by atoms with Crippen LogP contribution in [0, 0.1) is 0 Å². The molecule has 0 aromatic rings. The van der Waals surface area contributed by atoms with Crippen LogP contribution in [0.5, 0.6) is 0 Å². The van der Waals surface area contributed by atoms with Crippen LogP contribution in [0.3, 0.4) is 0 Å². The van der Waals surface area contributed by atoms with Gasteiger partial charge in [0.2, 0.25) is 11.8 Å². The summed E-state index contributed by atoms with van der Waals surface area (Å²) in [4.78, 5) is 35.9. The largest absolute Gasteiger partial charge is 0.480 e. The molecule has 1 heterocycles. The van der Waals surface area contributed by atoms with Crippen LogP contribution in [0.2, 0.25) is 0 Å². The van der Waals surface area contributed by atoms with Crippen molar-refractivity contribution in [2.45, 2.75) is 103 Å². The summed E-state index contributed by atoms with van der Waals surface area (Å²) in [5, 5.41) is 9.10. The Hall–Kier alpha value is -1.91. The predicted molar refractivity (Wildman–Crippen MR) is 112 cm³/mol. The third-order valence-electron chi connectivity index (χ3n) is 5.11. The summed E-state index contributed by atoms with van der Waals surface area (Å²) in [5.41, 5.74) is 0. The van der Waals surface area contributed by atoms with Gasteiger partial charge in [-0.1, -0.05) is 63.3 Å². The van der Waals surface area contributed by atoms with Crippen LogP contribution in [0.1, 0.15) is 96.8 Å². The van der Waals surface area contributed by atoms with Crippen LogP contribution >= 0.6 is 0 Å². The average molecular weight is 392 g/mol. The first-order chi connectivity index (χ1) is 13.6. The minimum absolute atomic E-state index is 0.158. The van der Waals surface area contributed by atoms with Crippen molar-refractivity contribution in [2.75, 3.05) is 0 Å². The maximum Gasteiger partial charge on any atom is 0.326 e. The SMILES string of the molecule is CCCCC/C=C/C/C=C/CCCCCCCC(=O)N1C(=O)CCC1C(=O)O. The van der Waals surface area contributed by atoms with Crippen LogP contribution in [-0.2, 0) is 14.4 Å². The van der Waals surface area contributed by atoms with Crippen molar-refractivity contribution in [1.29, 1.82) is 0 Å². The van der Waals surface area contributed by atoms with Crippen LogP contribution in [0.4, 0.5) is 0 Å². The second kappa shape index (κ2) is 15.1. The number of carbonyl (C=O) groups is 3. The lowest BCUT2D eigenvalue weighted by Gasteiger charge is -2.19. The first-order valence-corrected chi connectivity index (χ1v) is 11.0. The molecule has 0 aliphatic carbocycles. The molecule has 0 spiro atoms. The van der Waals surface area contributed by atoms with E-state index in [2.05, 4.69) is 31.2 Å². The number of amides is 2. The molecule has 1 aliphatic heterocycles. The zero-order chi connectivity index (χ0) is 20.6. The molecule has 1 unspecified atom stereocenters. The molecule has 1 saturated heterocycles. The van der Waals surface area contributed by atoms with Crippen molar-refractivity contribution in [1.82, 2.24) is 4.90 Å². The normalized spacial score (nSPS) is 17.2. The monoisotopic (exact) mass is 391 g/mol. The van der Waals surface area contributed by atoms with Crippen LogP contribution < -0.4 is 0 Å². The second-order valence-corrected chi connectivity index (χ2v) is 7.53. The summed E-state index contributed by atoms with van der Waals surface area (Å²) in [6.45, 7) is 2.22. The third-order valence-corrected chi connectivity index (χ3v) is 5.11. The van der Waals surface area contributed by atoms with Crippen molar-refractivity contribution in [3.8, 4) is 0 Å². The first kappa shape index (κ1) is 24.1. The van der Waals surface area contributed by atoms with E-state index in [4.69, 9.17) is 5.11 Å². The van der Waals surface area contributed by atoms with Gasteiger partial charge in [0.15, 0.2) is 0 Å². The number of allylic oxidation sites excluding steroid dienone is 4. The quantitative estimate of drug-likeness (QED) is 0.299. The zero-order valence-corrected chi connectivity index (χ0v) is 17.4. The number of nitrogens with zero attached hydrogens (tertiary/aromatic N) is 1. The lowest BCUT2D eigenvalue weighted by Crippen LogP contribution is -2.42. The van der Waals surface area contributed by atoms with E-state index in [0.29, 0.717) is 6.42 Å². The summed E-state index contributed by atoms with van der Waals surface area (Å²) in [6, 6.07) is -0.960. The van der Waals surface area contributed by atoms with Crippen molar-refractivity contribution in [3.05, 3.63) is 24.3 Å². The fraction of sp³-hybridized carbons (Fsp3) is 0.696. The minimum atomic E-state index is -1.08. The Morgan fingerprint density at radius 2 is 1.57 bits per heavy atom. The number of carboxylic acid groups (broad SMARTS) is 1. The number of likely N-dealkylation sites (tertiary alicyclic amines) is 1. The van der Waals surface area contributed by atoms with Gasteiger partial charge in [0.05, 0.1) is 0 Å². The van der Waals surface area contributed by atoms with Crippen LogP contribution in [0.15, 0.2) is 24.3 Å². The van der Waals surface area contributed by atoms with Gasteiger partial charge in [-0.3, -0.25) is 14.5 Å². The molecule has 0 saturated carbocycles. The molecular formula is C23H37NO4. The first-order valence-electron chi connectivity index (χ1n) is 11.0. The molecule has 1 fully saturated rings. The molecule has 0 radical (unpaired) electrons. The van der Waals surface area contributed by atoms with Crippen LogP contribution in [-0.4, -0.2) is 33.8 Å². The van der Waals surface area contributed by atoms with Crippen LogP contribution in [0.25, 0.3) is 0 Å². The molecule has 0 bridgehead atoms. The Morgan fingerprint density at radius 3 is 2.21 bits per heavy atom. The average Bonchev–Trinajstić information content (AvgIpc) is 3.06. The van der Waals surface area contributed by atoms with Gasteiger partial charge in [-0.25, -0.2) is 4.79 Å². The van der Waals surface area contributed by atoms with E-state index in [1.807, 2.05) is 0 Å². The molecule has 1 rings (SSSR count). The molecule has 158 valence electrons. The van der Waals surface area contributed by atoms with Crippen molar-refractivity contribution in [3.63, 3.8) is 0 Å². The van der Waals surface area contributed by atoms with E-state index >= 15 is 0 Å². The van der Waals surface area contributed by atoms with Gasteiger partial charge in [0.25, 0.3) is 0 Å². The number of carboxylic acids is 1. The fourth-order valence-corrected chi connectivity index (χ4v) is 3.44. The fourth-order valence-electron chi connectivity index (χ4n) is 3.44. The van der Waals surface area contributed by atoms with E-state index in [1.54, 1.807) is 0 Å². The molecular weight excluding hydrogens is 354 g/mol. The Labute approximate surface area is 169 Å². The van der Waals surface area contributed by atoms with E-state index in [0.717, 1.165) is 43.4 Å².